The van der Waals surface area contributed by atoms with Crippen LogP contribution in [0.15, 0.2) is 109 Å². The molecule has 0 N–H and O–H groups in total. The molecule has 0 radical (unpaired) electrons. The molecule has 1 atom stereocenters. The van der Waals surface area contributed by atoms with Crippen molar-refractivity contribution in [1.82, 2.24) is 0 Å². The van der Waals surface area contributed by atoms with Crippen LogP contribution in [-0.2, 0) is 23.8 Å². The van der Waals surface area contributed by atoms with Gasteiger partial charge in [0.05, 0.1) is 13.0 Å². The molecule has 0 saturated carbocycles. The number of rotatable bonds is 47. The van der Waals surface area contributed by atoms with E-state index in [9.17, 15) is 9.59 Å². The van der Waals surface area contributed by atoms with Gasteiger partial charge in [0, 0.05) is 13.0 Å². The van der Waals surface area contributed by atoms with Gasteiger partial charge < -0.3 is 14.2 Å². The molecule has 0 aliphatic carbocycles. The molecule has 64 heavy (non-hydrogen) atoms. The second-order valence-corrected chi connectivity index (χ2v) is 17.0. The molecule has 0 aliphatic rings. The monoisotopic (exact) mass is 887 g/mol. The molecule has 364 valence electrons. The van der Waals surface area contributed by atoms with Gasteiger partial charge in [0.2, 0.25) is 0 Å². The van der Waals surface area contributed by atoms with Crippen LogP contribution >= 0.6 is 0 Å². The molecule has 0 bridgehead atoms. The van der Waals surface area contributed by atoms with Crippen LogP contribution in [-0.4, -0.2) is 37.9 Å². The molecule has 0 aromatic rings. The lowest BCUT2D eigenvalue weighted by Gasteiger charge is -2.18. The molecule has 0 aliphatic heterocycles. The van der Waals surface area contributed by atoms with E-state index in [4.69, 9.17) is 14.2 Å². The first-order valence-electron chi connectivity index (χ1n) is 26.4. The first-order chi connectivity index (χ1) is 31.6. The van der Waals surface area contributed by atoms with Gasteiger partial charge in [-0.1, -0.05) is 239 Å². The van der Waals surface area contributed by atoms with Crippen molar-refractivity contribution in [2.24, 2.45) is 0 Å². The number of carbonyl (C=O) groups is 2. The van der Waals surface area contributed by atoms with Gasteiger partial charge in [-0.3, -0.25) is 9.59 Å². The fourth-order valence-corrected chi connectivity index (χ4v) is 6.99. The summed E-state index contributed by atoms with van der Waals surface area (Å²) >= 11 is 0. The lowest BCUT2D eigenvalue weighted by atomic mass is 10.0. The van der Waals surface area contributed by atoms with Gasteiger partial charge in [-0.15, -0.1) is 0 Å². The van der Waals surface area contributed by atoms with E-state index in [1.54, 1.807) is 0 Å². The van der Waals surface area contributed by atoms with Crippen molar-refractivity contribution in [3.8, 4) is 0 Å². The highest BCUT2D eigenvalue weighted by Crippen LogP contribution is 2.15. The molecule has 5 heteroatoms. The summed E-state index contributed by atoms with van der Waals surface area (Å²) in [4.78, 5) is 25.4. The molecule has 0 aromatic carbocycles. The lowest BCUT2D eigenvalue weighted by molar-refractivity contribution is -0.162. The van der Waals surface area contributed by atoms with Gasteiger partial charge in [-0.25, -0.2) is 0 Å². The van der Waals surface area contributed by atoms with Crippen molar-refractivity contribution in [1.29, 1.82) is 0 Å². The Morgan fingerprint density at radius 3 is 1.19 bits per heavy atom. The highest BCUT2D eigenvalue weighted by Gasteiger charge is 2.17. The third kappa shape index (κ3) is 51.2. The van der Waals surface area contributed by atoms with E-state index in [1.807, 2.05) is 12.2 Å². The van der Waals surface area contributed by atoms with Crippen LogP contribution in [0.3, 0.4) is 0 Å². The number of carbonyl (C=O) groups excluding carboxylic acids is 2. The summed E-state index contributed by atoms with van der Waals surface area (Å²) in [6, 6.07) is 0. The Labute approximate surface area is 395 Å². The van der Waals surface area contributed by atoms with Crippen molar-refractivity contribution in [2.75, 3.05) is 19.8 Å². The molecule has 0 amide bonds. The van der Waals surface area contributed by atoms with E-state index in [0.29, 0.717) is 13.0 Å². The van der Waals surface area contributed by atoms with E-state index in [0.717, 1.165) is 96.3 Å². The summed E-state index contributed by atoms with van der Waals surface area (Å²) in [5, 5.41) is 0. The smallest absolute Gasteiger partial charge is 0.310 e. The second kappa shape index (κ2) is 53.9. The van der Waals surface area contributed by atoms with Gasteiger partial charge >= 0.3 is 11.9 Å². The summed E-state index contributed by atoms with van der Waals surface area (Å²) in [6.45, 7) is 7.43. The van der Waals surface area contributed by atoms with Crippen LogP contribution in [0.5, 0.6) is 0 Å². The summed E-state index contributed by atoms with van der Waals surface area (Å²) in [6.07, 6.45) is 74.2. The summed E-state index contributed by atoms with van der Waals surface area (Å²) < 4.78 is 17.3. The minimum atomic E-state index is -0.612. The summed E-state index contributed by atoms with van der Waals surface area (Å²) in [7, 11) is 0. The number of unbranched alkanes of at least 4 members (excludes halogenated alkanes) is 19. The Kier molecular flexibility index (Phi) is 51.0. The maximum Gasteiger partial charge on any atom is 0.310 e. The maximum atomic E-state index is 12.7. The van der Waals surface area contributed by atoms with Crippen LogP contribution in [0.4, 0.5) is 0 Å². The molecule has 0 spiro atoms. The summed E-state index contributed by atoms with van der Waals surface area (Å²) in [5.41, 5.74) is 0. The minimum absolute atomic E-state index is 0.0288. The fourth-order valence-electron chi connectivity index (χ4n) is 6.99. The average Bonchev–Trinajstić information content (AvgIpc) is 3.30. The zero-order valence-electron chi connectivity index (χ0n) is 41.8. The number of allylic oxidation sites excluding steroid dienone is 17. The number of hydrogen-bond acceptors (Lipinski definition) is 5. The zero-order chi connectivity index (χ0) is 46.3. The first-order valence-corrected chi connectivity index (χ1v) is 26.4. The van der Waals surface area contributed by atoms with E-state index in [1.165, 1.54) is 96.3 Å². The Bertz CT molecular complexity index is 1280. The Morgan fingerprint density at radius 1 is 0.375 bits per heavy atom. The van der Waals surface area contributed by atoms with Crippen molar-refractivity contribution in [3.05, 3.63) is 109 Å². The standard InChI is InChI=1S/C59H98O5/c1-4-7-10-13-16-19-22-25-28-30-32-34-37-40-43-46-49-52-58(60)63-56-57(55-62-54-51-48-45-42-39-36-33-29-26-23-20-17-14-11-8-5-2)64-59(61)53-50-47-44-41-38-35-31-27-24-21-18-15-12-9-6-3/h8-9,11-12,17-18,20-21,26-27,29,31,36,38-39,41,47,50,57H,4-7,10,13-16,19,22-25,28,30,32-35,37,40,42-46,48-49,51-56H2,1-3H3/b11-8-,12-9-,20-17-,21-18-,29-26-,31-27-,39-36-,41-38-,50-47-. The summed E-state index contributed by atoms with van der Waals surface area (Å²) in [5.74, 6) is -0.562. The quantitative estimate of drug-likeness (QED) is 0.0346. The Morgan fingerprint density at radius 2 is 0.750 bits per heavy atom. The first kappa shape index (κ1) is 60.6. The molecular formula is C59H98O5. The van der Waals surface area contributed by atoms with Gasteiger partial charge in [0.15, 0.2) is 6.10 Å². The maximum absolute atomic E-state index is 12.7. The normalized spacial score (nSPS) is 13.1. The van der Waals surface area contributed by atoms with Gasteiger partial charge in [0.25, 0.3) is 0 Å². The highest BCUT2D eigenvalue weighted by atomic mass is 16.6. The van der Waals surface area contributed by atoms with Crippen LogP contribution < -0.4 is 0 Å². The zero-order valence-corrected chi connectivity index (χ0v) is 41.8. The van der Waals surface area contributed by atoms with Crippen LogP contribution in [0.25, 0.3) is 0 Å². The fraction of sp³-hybridized carbons (Fsp3) is 0.661. The van der Waals surface area contributed by atoms with E-state index in [2.05, 4.69) is 118 Å². The average molecular weight is 887 g/mol. The predicted molar refractivity (Wildman–Crippen MR) is 279 cm³/mol. The number of esters is 2. The predicted octanol–water partition coefficient (Wildman–Crippen LogP) is 18.0. The third-order valence-electron chi connectivity index (χ3n) is 10.8. The van der Waals surface area contributed by atoms with Gasteiger partial charge in [0.1, 0.15) is 6.61 Å². The second-order valence-electron chi connectivity index (χ2n) is 17.0. The largest absolute Gasteiger partial charge is 0.462 e. The van der Waals surface area contributed by atoms with Crippen molar-refractivity contribution >= 4 is 11.9 Å². The highest BCUT2D eigenvalue weighted by molar-refractivity contribution is 5.71. The minimum Gasteiger partial charge on any atom is -0.462 e. The third-order valence-corrected chi connectivity index (χ3v) is 10.8. The van der Waals surface area contributed by atoms with Gasteiger partial charge in [-0.2, -0.15) is 0 Å². The van der Waals surface area contributed by atoms with Crippen LogP contribution in [0.1, 0.15) is 226 Å². The molecule has 1 unspecified atom stereocenters. The van der Waals surface area contributed by atoms with Gasteiger partial charge in [-0.05, 0) is 83.5 Å². The molecule has 0 saturated heterocycles. The van der Waals surface area contributed by atoms with Crippen molar-refractivity contribution in [2.45, 2.75) is 232 Å². The molecule has 0 rings (SSSR count). The van der Waals surface area contributed by atoms with Crippen LogP contribution in [0, 0.1) is 0 Å². The molecule has 0 aromatic heterocycles. The topological polar surface area (TPSA) is 61.8 Å². The number of hydrogen-bond donors (Lipinski definition) is 0. The Hall–Kier alpha value is -3.44. The molecule has 5 nitrogen and oxygen atoms in total. The van der Waals surface area contributed by atoms with E-state index < -0.39 is 6.10 Å². The van der Waals surface area contributed by atoms with Crippen LogP contribution in [0.2, 0.25) is 0 Å². The number of ether oxygens (including phenoxy) is 3. The molecule has 0 heterocycles. The Balaban J connectivity index is 4.43. The molecular weight excluding hydrogens is 789 g/mol. The van der Waals surface area contributed by atoms with E-state index >= 15 is 0 Å². The van der Waals surface area contributed by atoms with E-state index in [-0.39, 0.29) is 31.6 Å². The lowest BCUT2D eigenvalue weighted by Crippen LogP contribution is -2.29. The SMILES string of the molecule is CC/C=C\C/C=C\C/C=C\C/C=C\C/C=C\CC(=O)OC(COCCCCC/C=C\C/C=C\C/C=C\C/C=C\CC)COC(=O)CCCCCCCCCCCCCCCCCCC. The van der Waals surface area contributed by atoms with Crippen molar-refractivity contribution < 1.29 is 23.8 Å². The van der Waals surface area contributed by atoms with Crippen molar-refractivity contribution in [3.63, 3.8) is 0 Å². The molecule has 0 fully saturated rings.